The number of phenolic OH excluding ortho intramolecular Hbond substituents is 2. The summed E-state index contributed by atoms with van der Waals surface area (Å²) in [5.74, 6) is -0.0492. The van der Waals surface area contributed by atoms with Crippen LogP contribution in [0.4, 0.5) is 0 Å². The van der Waals surface area contributed by atoms with Gasteiger partial charge in [0.05, 0.1) is 5.02 Å². The number of phenols is 2. The quantitative estimate of drug-likeness (QED) is 0.806. The second kappa shape index (κ2) is 4.24. The van der Waals surface area contributed by atoms with Crippen molar-refractivity contribution in [1.82, 2.24) is 0 Å². The molecule has 0 fully saturated rings. The fourth-order valence-electron chi connectivity index (χ4n) is 1.46. The topological polar surface area (TPSA) is 40.5 Å². The fourth-order valence-corrected chi connectivity index (χ4v) is 1.78. The molecule has 0 saturated heterocycles. The summed E-state index contributed by atoms with van der Waals surface area (Å²) < 4.78 is 0. The van der Waals surface area contributed by atoms with E-state index in [0.717, 1.165) is 0 Å². The van der Waals surface area contributed by atoms with Gasteiger partial charge in [-0.05, 0) is 18.2 Å². The van der Waals surface area contributed by atoms with Crippen LogP contribution in [0, 0.1) is 0 Å². The van der Waals surface area contributed by atoms with Gasteiger partial charge in [0.15, 0.2) is 0 Å². The average Bonchev–Trinajstić information content (AvgIpc) is 2.28. The molecule has 0 heterocycles. The van der Waals surface area contributed by atoms with E-state index in [4.69, 9.17) is 23.2 Å². The first kappa shape index (κ1) is 11.1. The van der Waals surface area contributed by atoms with Crippen molar-refractivity contribution in [3.8, 4) is 22.6 Å². The average molecular weight is 255 g/mol. The molecule has 4 heteroatoms. The molecule has 2 aromatic carbocycles. The molecular formula is C12H8Cl2O2. The van der Waals surface area contributed by atoms with Gasteiger partial charge < -0.3 is 10.2 Å². The number of hydrogen-bond acceptors (Lipinski definition) is 2. The number of rotatable bonds is 1. The van der Waals surface area contributed by atoms with Crippen molar-refractivity contribution < 1.29 is 10.2 Å². The molecule has 0 saturated carbocycles. The standard InChI is InChI=1S/C12H8Cl2O2/c13-9-6-5-8(12(16)11(9)14)7-3-1-2-4-10(7)15/h1-6,15-16H. The minimum Gasteiger partial charge on any atom is -0.507 e. The van der Waals surface area contributed by atoms with Crippen molar-refractivity contribution >= 4 is 23.2 Å². The fraction of sp³-hybridized carbons (Fsp3) is 0. The normalized spacial score (nSPS) is 10.4. The molecule has 2 nitrogen and oxygen atoms in total. The summed E-state index contributed by atoms with van der Waals surface area (Å²) in [7, 11) is 0. The minimum atomic E-state index is -0.129. The Morgan fingerprint density at radius 2 is 1.50 bits per heavy atom. The van der Waals surface area contributed by atoms with E-state index in [1.807, 2.05) is 0 Å². The highest BCUT2D eigenvalue weighted by atomic mass is 35.5. The number of benzene rings is 2. The lowest BCUT2D eigenvalue weighted by molar-refractivity contribution is 0.469. The molecule has 2 N–H and O–H groups in total. The van der Waals surface area contributed by atoms with Crippen LogP contribution in [0.2, 0.25) is 10.0 Å². The third kappa shape index (κ3) is 1.82. The van der Waals surface area contributed by atoms with Crippen LogP contribution in [0.5, 0.6) is 11.5 Å². The van der Waals surface area contributed by atoms with Crippen molar-refractivity contribution in [2.45, 2.75) is 0 Å². The second-order valence-electron chi connectivity index (χ2n) is 3.27. The van der Waals surface area contributed by atoms with E-state index < -0.39 is 0 Å². The van der Waals surface area contributed by atoms with E-state index in [0.29, 0.717) is 11.1 Å². The maximum absolute atomic E-state index is 9.83. The van der Waals surface area contributed by atoms with E-state index in [2.05, 4.69) is 0 Å². The third-order valence-corrected chi connectivity index (χ3v) is 3.06. The predicted octanol–water partition coefficient (Wildman–Crippen LogP) is 4.07. The first-order valence-electron chi connectivity index (χ1n) is 4.56. The zero-order valence-corrected chi connectivity index (χ0v) is 9.63. The van der Waals surface area contributed by atoms with E-state index in [1.165, 1.54) is 6.07 Å². The molecule has 0 radical (unpaired) electrons. The molecule has 0 unspecified atom stereocenters. The summed E-state index contributed by atoms with van der Waals surface area (Å²) in [6.07, 6.45) is 0. The number of aromatic hydroxyl groups is 2. The highest BCUT2D eigenvalue weighted by Crippen LogP contribution is 2.41. The second-order valence-corrected chi connectivity index (χ2v) is 4.06. The predicted molar refractivity (Wildman–Crippen MR) is 65.2 cm³/mol. The zero-order chi connectivity index (χ0) is 11.7. The summed E-state index contributed by atoms with van der Waals surface area (Å²) in [5, 5.41) is 19.9. The smallest absolute Gasteiger partial charge is 0.143 e. The minimum absolute atomic E-state index is 0.0798. The van der Waals surface area contributed by atoms with Crippen molar-refractivity contribution in [3.05, 3.63) is 46.4 Å². The van der Waals surface area contributed by atoms with Gasteiger partial charge in [-0.3, -0.25) is 0 Å². The Morgan fingerprint density at radius 3 is 2.19 bits per heavy atom. The van der Waals surface area contributed by atoms with Gasteiger partial charge in [0, 0.05) is 11.1 Å². The molecule has 0 spiro atoms. The van der Waals surface area contributed by atoms with Crippen molar-refractivity contribution in [1.29, 1.82) is 0 Å². The number of hydrogen-bond donors (Lipinski definition) is 2. The Morgan fingerprint density at radius 1 is 0.812 bits per heavy atom. The molecule has 0 aliphatic heterocycles. The summed E-state index contributed by atoms with van der Waals surface area (Å²) in [5.41, 5.74) is 0.964. The van der Waals surface area contributed by atoms with E-state index >= 15 is 0 Å². The Balaban J connectivity index is 2.66. The van der Waals surface area contributed by atoms with Gasteiger partial charge in [0.25, 0.3) is 0 Å². The Bertz CT molecular complexity index is 539. The molecule has 0 aliphatic carbocycles. The van der Waals surface area contributed by atoms with Crippen LogP contribution in [0.3, 0.4) is 0 Å². The van der Waals surface area contributed by atoms with Crippen LogP contribution in [-0.4, -0.2) is 10.2 Å². The highest BCUT2D eigenvalue weighted by molar-refractivity contribution is 6.43. The largest absolute Gasteiger partial charge is 0.507 e. The van der Waals surface area contributed by atoms with Gasteiger partial charge in [-0.25, -0.2) is 0 Å². The molecule has 16 heavy (non-hydrogen) atoms. The molecule has 2 rings (SSSR count). The van der Waals surface area contributed by atoms with Crippen LogP contribution in [0.25, 0.3) is 11.1 Å². The van der Waals surface area contributed by atoms with Gasteiger partial charge >= 0.3 is 0 Å². The molecule has 2 aromatic rings. The van der Waals surface area contributed by atoms with Crippen LogP contribution in [0.1, 0.15) is 0 Å². The molecular weight excluding hydrogens is 247 g/mol. The summed E-state index contributed by atoms with van der Waals surface area (Å²) in [6, 6.07) is 9.88. The van der Waals surface area contributed by atoms with Crippen LogP contribution < -0.4 is 0 Å². The lowest BCUT2D eigenvalue weighted by Crippen LogP contribution is -1.82. The number of para-hydroxylation sites is 1. The Hall–Kier alpha value is -1.38. The first-order valence-corrected chi connectivity index (χ1v) is 5.32. The van der Waals surface area contributed by atoms with Gasteiger partial charge in [0.1, 0.15) is 16.5 Å². The van der Waals surface area contributed by atoms with Crippen molar-refractivity contribution in [2.24, 2.45) is 0 Å². The maximum Gasteiger partial charge on any atom is 0.143 e. The summed E-state index contributed by atoms with van der Waals surface area (Å²) in [4.78, 5) is 0. The van der Waals surface area contributed by atoms with Crippen LogP contribution >= 0.6 is 23.2 Å². The van der Waals surface area contributed by atoms with Gasteiger partial charge in [-0.15, -0.1) is 0 Å². The maximum atomic E-state index is 9.83. The molecule has 82 valence electrons. The summed E-state index contributed by atoms with van der Waals surface area (Å²) in [6.45, 7) is 0. The van der Waals surface area contributed by atoms with Crippen molar-refractivity contribution in [2.75, 3.05) is 0 Å². The molecule has 0 amide bonds. The SMILES string of the molecule is Oc1ccccc1-c1ccc(Cl)c(Cl)c1O. The lowest BCUT2D eigenvalue weighted by atomic mass is 10.0. The molecule has 0 aromatic heterocycles. The van der Waals surface area contributed by atoms with Gasteiger partial charge in [0.2, 0.25) is 0 Å². The van der Waals surface area contributed by atoms with Gasteiger partial charge in [-0.2, -0.15) is 0 Å². The van der Waals surface area contributed by atoms with E-state index in [9.17, 15) is 10.2 Å². The van der Waals surface area contributed by atoms with Gasteiger partial charge in [-0.1, -0.05) is 41.4 Å². The number of halogens is 2. The monoisotopic (exact) mass is 254 g/mol. The van der Waals surface area contributed by atoms with Crippen LogP contribution in [0.15, 0.2) is 36.4 Å². The third-order valence-electron chi connectivity index (χ3n) is 2.26. The lowest BCUT2D eigenvalue weighted by Gasteiger charge is -2.08. The Kier molecular flexibility index (Phi) is 2.95. The Labute approximate surface area is 103 Å². The summed E-state index contributed by atoms with van der Waals surface area (Å²) >= 11 is 11.6. The van der Waals surface area contributed by atoms with Crippen LogP contribution in [-0.2, 0) is 0 Å². The van der Waals surface area contributed by atoms with E-state index in [-0.39, 0.29) is 21.5 Å². The molecule has 0 bridgehead atoms. The zero-order valence-electron chi connectivity index (χ0n) is 8.11. The first-order chi connectivity index (χ1) is 7.61. The highest BCUT2D eigenvalue weighted by Gasteiger charge is 2.13. The molecule has 0 aliphatic rings. The molecule has 0 atom stereocenters. The van der Waals surface area contributed by atoms with E-state index in [1.54, 1.807) is 30.3 Å². The van der Waals surface area contributed by atoms with Crippen molar-refractivity contribution in [3.63, 3.8) is 0 Å².